The van der Waals surface area contributed by atoms with Gasteiger partial charge in [0.1, 0.15) is 0 Å². The summed E-state index contributed by atoms with van der Waals surface area (Å²) in [5.41, 5.74) is 9.86. The topological polar surface area (TPSA) is 75.1 Å². The van der Waals surface area contributed by atoms with Crippen molar-refractivity contribution in [2.24, 2.45) is 7.05 Å². The highest BCUT2D eigenvalue weighted by Gasteiger charge is 2.13. The highest BCUT2D eigenvalue weighted by atomic mass is 16.5. The zero-order valence-corrected chi connectivity index (χ0v) is 15.0. The average Bonchev–Trinajstić information content (AvgIpc) is 3.28. The fraction of sp³-hybridized carbons (Fsp3) is 0.143. The number of ether oxygens (including phenoxy) is 1. The van der Waals surface area contributed by atoms with Gasteiger partial charge in [-0.05, 0) is 29.8 Å². The van der Waals surface area contributed by atoms with Crippen molar-refractivity contribution in [2.75, 3.05) is 12.3 Å². The van der Waals surface area contributed by atoms with Crippen LogP contribution in [0.2, 0.25) is 0 Å². The van der Waals surface area contributed by atoms with E-state index in [1.54, 1.807) is 23.0 Å². The maximum absolute atomic E-state index is 12.3. The fourth-order valence-electron chi connectivity index (χ4n) is 3.22. The Labute approximate surface area is 156 Å². The van der Waals surface area contributed by atoms with Gasteiger partial charge in [-0.3, -0.25) is 0 Å². The first-order valence-corrected chi connectivity index (χ1v) is 8.74. The minimum atomic E-state index is -0.441. The molecule has 2 N–H and O–H groups in total. The zero-order chi connectivity index (χ0) is 18.8. The standard InChI is InChI=1S/C21H20N4O2/c1-24-14-15(16-6-2-4-8-19(16)24)11-13-27-21(26)18-10-12-25(23-18)20-9-5-3-7-17(20)22/h2-10,12,14H,11,13,22H2,1H3. The molecule has 0 saturated heterocycles. The summed E-state index contributed by atoms with van der Waals surface area (Å²) in [7, 11) is 2.01. The first-order valence-electron chi connectivity index (χ1n) is 8.74. The molecule has 2 heterocycles. The summed E-state index contributed by atoms with van der Waals surface area (Å²) in [6.45, 7) is 0.299. The number of anilines is 1. The number of fused-ring (bicyclic) bond motifs is 1. The second-order valence-corrected chi connectivity index (χ2v) is 6.37. The maximum Gasteiger partial charge on any atom is 0.358 e. The van der Waals surface area contributed by atoms with E-state index in [-0.39, 0.29) is 5.69 Å². The molecule has 0 amide bonds. The summed E-state index contributed by atoms with van der Waals surface area (Å²) in [5, 5.41) is 5.46. The molecule has 0 bridgehead atoms. The molecule has 0 aliphatic heterocycles. The summed E-state index contributed by atoms with van der Waals surface area (Å²) in [6, 6.07) is 17.2. The molecule has 27 heavy (non-hydrogen) atoms. The smallest absolute Gasteiger partial charge is 0.358 e. The molecule has 0 spiro atoms. The number of para-hydroxylation sites is 3. The average molecular weight is 360 g/mol. The summed E-state index contributed by atoms with van der Waals surface area (Å²) < 4.78 is 9.08. The highest BCUT2D eigenvalue weighted by molar-refractivity contribution is 5.87. The number of carbonyl (C=O) groups is 1. The van der Waals surface area contributed by atoms with Gasteiger partial charge in [-0.1, -0.05) is 30.3 Å². The van der Waals surface area contributed by atoms with E-state index < -0.39 is 5.97 Å². The number of aromatic nitrogens is 3. The van der Waals surface area contributed by atoms with Crippen LogP contribution in [-0.2, 0) is 18.2 Å². The van der Waals surface area contributed by atoms with E-state index in [1.165, 1.54) is 5.39 Å². The van der Waals surface area contributed by atoms with E-state index in [9.17, 15) is 4.79 Å². The van der Waals surface area contributed by atoms with Crippen molar-refractivity contribution in [3.8, 4) is 5.69 Å². The lowest BCUT2D eigenvalue weighted by Crippen LogP contribution is -2.10. The third-order valence-electron chi connectivity index (χ3n) is 4.57. The van der Waals surface area contributed by atoms with Crippen LogP contribution in [-0.4, -0.2) is 26.9 Å². The Hall–Kier alpha value is -3.54. The van der Waals surface area contributed by atoms with Gasteiger partial charge in [0.15, 0.2) is 5.69 Å². The molecule has 6 nitrogen and oxygen atoms in total. The van der Waals surface area contributed by atoms with Gasteiger partial charge in [-0.25, -0.2) is 9.48 Å². The second-order valence-electron chi connectivity index (χ2n) is 6.37. The molecule has 0 fully saturated rings. The highest BCUT2D eigenvalue weighted by Crippen LogP contribution is 2.21. The minimum Gasteiger partial charge on any atom is -0.461 e. The van der Waals surface area contributed by atoms with Crippen LogP contribution in [0.3, 0.4) is 0 Å². The molecule has 0 saturated carbocycles. The molecular weight excluding hydrogens is 340 g/mol. The van der Waals surface area contributed by atoms with Gasteiger partial charge >= 0.3 is 5.97 Å². The summed E-state index contributed by atoms with van der Waals surface area (Å²) >= 11 is 0. The molecule has 2 aromatic heterocycles. The SMILES string of the molecule is Cn1cc(CCOC(=O)c2ccn(-c3ccccc3N)n2)c2ccccc21. The van der Waals surface area contributed by atoms with Gasteiger partial charge in [0.05, 0.1) is 18.0 Å². The summed E-state index contributed by atoms with van der Waals surface area (Å²) in [5.74, 6) is -0.441. The van der Waals surface area contributed by atoms with E-state index in [1.807, 2.05) is 37.4 Å². The Balaban J connectivity index is 1.42. The molecule has 0 aliphatic carbocycles. The number of hydrogen-bond acceptors (Lipinski definition) is 4. The van der Waals surface area contributed by atoms with Crippen molar-refractivity contribution in [3.05, 3.63) is 78.2 Å². The molecule has 0 aliphatic rings. The predicted molar refractivity (Wildman–Crippen MR) is 105 cm³/mol. The molecule has 4 rings (SSSR count). The summed E-state index contributed by atoms with van der Waals surface area (Å²) in [6.07, 6.45) is 4.43. The van der Waals surface area contributed by atoms with Crippen LogP contribution in [0.15, 0.2) is 67.0 Å². The van der Waals surface area contributed by atoms with Crippen molar-refractivity contribution in [1.29, 1.82) is 0 Å². The number of benzene rings is 2. The largest absolute Gasteiger partial charge is 0.461 e. The molecule has 0 atom stereocenters. The first kappa shape index (κ1) is 16.9. The van der Waals surface area contributed by atoms with E-state index >= 15 is 0 Å². The van der Waals surface area contributed by atoms with Gasteiger partial charge < -0.3 is 15.0 Å². The molecule has 136 valence electrons. The fourth-order valence-corrected chi connectivity index (χ4v) is 3.22. The lowest BCUT2D eigenvalue weighted by atomic mass is 10.1. The number of rotatable bonds is 5. The van der Waals surface area contributed by atoms with Crippen LogP contribution in [0.1, 0.15) is 16.1 Å². The van der Waals surface area contributed by atoms with Gasteiger partial charge in [0, 0.05) is 36.8 Å². The predicted octanol–water partition coefficient (Wildman–Crippen LogP) is 3.35. The van der Waals surface area contributed by atoms with E-state index in [0.717, 1.165) is 16.8 Å². The van der Waals surface area contributed by atoms with Gasteiger partial charge in [0.2, 0.25) is 0 Å². The number of hydrogen-bond donors (Lipinski definition) is 1. The third kappa shape index (κ3) is 3.29. The molecule has 6 heteroatoms. The van der Waals surface area contributed by atoms with Crippen LogP contribution in [0, 0.1) is 0 Å². The van der Waals surface area contributed by atoms with E-state index in [2.05, 4.69) is 28.0 Å². The van der Waals surface area contributed by atoms with Crippen LogP contribution >= 0.6 is 0 Å². The Bertz CT molecular complexity index is 1110. The number of nitrogen functional groups attached to an aromatic ring is 1. The van der Waals surface area contributed by atoms with Gasteiger partial charge in [0.25, 0.3) is 0 Å². The first-order chi connectivity index (χ1) is 13.1. The molecule has 2 aromatic carbocycles. The van der Waals surface area contributed by atoms with Crippen molar-refractivity contribution in [3.63, 3.8) is 0 Å². The molecular formula is C21H20N4O2. The van der Waals surface area contributed by atoms with Crippen molar-refractivity contribution >= 4 is 22.6 Å². The molecule has 0 unspecified atom stereocenters. The Morgan fingerprint density at radius 3 is 2.74 bits per heavy atom. The molecule has 4 aromatic rings. The molecule has 0 radical (unpaired) electrons. The van der Waals surface area contributed by atoms with Crippen LogP contribution in [0.25, 0.3) is 16.6 Å². The number of aryl methyl sites for hydroxylation is 1. The van der Waals surface area contributed by atoms with Crippen molar-refractivity contribution < 1.29 is 9.53 Å². The minimum absolute atomic E-state index is 0.260. The maximum atomic E-state index is 12.3. The van der Waals surface area contributed by atoms with E-state index in [0.29, 0.717) is 18.7 Å². The quantitative estimate of drug-likeness (QED) is 0.437. The van der Waals surface area contributed by atoms with Crippen LogP contribution in [0.4, 0.5) is 5.69 Å². The number of nitrogens with two attached hydrogens (primary N) is 1. The zero-order valence-electron chi connectivity index (χ0n) is 15.0. The van der Waals surface area contributed by atoms with Crippen molar-refractivity contribution in [1.82, 2.24) is 14.3 Å². The lowest BCUT2D eigenvalue weighted by molar-refractivity contribution is 0.0502. The Morgan fingerprint density at radius 2 is 1.89 bits per heavy atom. The van der Waals surface area contributed by atoms with Gasteiger partial charge in [-0.15, -0.1) is 0 Å². The summed E-state index contributed by atoms with van der Waals surface area (Å²) in [4.78, 5) is 12.3. The number of nitrogens with zero attached hydrogens (tertiary/aromatic N) is 3. The van der Waals surface area contributed by atoms with Crippen LogP contribution < -0.4 is 5.73 Å². The number of carbonyl (C=O) groups excluding carboxylic acids is 1. The van der Waals surface area contributed by atoms with Crippen LogP contribution in [0.5, 0.6) is 0 Å². The second kappa shape index (κ2) is 6.99. The van der Waals surface area contributed by atoms with Gasteiger partial charge in [-0.2, -0.15) is 5.10 Å². The normalized spacial score (nSPS) is 11.0. The number of esters is 1. The Kier molecular flexibility index (Phi) is 4.38. The van der Waals surface area contributed by atoms with E-state index in [4.69, 9.17) is 10.5 Å². The third-order valence-corrected chi connectivity index (χ3v) is 4.57. The monoisotopic (exact) mass is 360 g/mol. The Morgan fingerprint density at radius 1 is 1.11 bits per heavy atom. The van der Waals surface area contributed by atoms with Crippen molar-refractivity contribution in [2.45, 2.75) is 6.42 Å². The lowest BCUT2D eigenvalue weighted by Gasteiger charge is -2.05.